The summed E-state index contributed by atoms with van der Waals surface area (Å²) in [5.74, 6) is 0.565. The van der Waals surface area contributed by atoms with Gasteiger partial charge >= 0.3 is 5.69 Å². The molecule has 0 bridgehead atoms. The van der Waals surface area contributed by atoms with Gasteiger partial charge in [-0.1, -0.05) is 51.5 Å². The Morgan fingerprint density at radius 3 is 2.45 bits per heavy atom. The first-order valence-electron chi connectivity index (χ1n) is 9.77. The molecule has 3 aromatic heterocycles. The van der Waals surface area contributed by atoms with Gasteiger partial charge in [-0.05, 0) is 5.92 Å². The maximum atomic E-state index is 12.8. The number of carbonyl (C=O) groups is 1. The van der Waals surface area contributed by atoms with Gasteiger partial charge < -0.3 is 4.52 Å². The van der Waals surface area contributed by atoms with Gasteiger partial charge in [0.05, 0.1) is 11.4 Å². The van der Waals surface area contributed by atoms with Gasteiger partial charge in [0.15, 0.2) is 5.65 Å². The molecule has 0 aliphatic heterocycles. The molecule has 3 aromatic rings. The molecule has 0 atom stereocenters. The SMILES string of the molecule is CC(C)c1cc(NC(=O)CSc2nc(C(C)(C)C)nc3c2c(=O)n(C)c(=O)n3C)on1. The molecular weight excluding hydrogens is 420 g/mol. The Morgan fingerprint density at radius 2 is 1.87 bits per heavy atom. The van der Waals surface area contributed by atoms with Crippen molar-refractivity contribution in [1.82, 2.24) is 24.3 Å². The summed E-state index contributed by atoms with van der Waals surface area (Å²) >= 11 is 1.10. The molecule has 0 aromatic carbocycles. The Balaban J connectivity index is 1.97. The summed E-state index contributed by atoms with van der Waals surface area (Å²) in [6, 6.07) is 1.68. The van der Waals surface area contributed by atoms with Crippen LogP contribution in [0, 0.1) is 0 Å². The Labute approximate surface area is 183 Å². The van der Waals surface area contributed by atoms with Gasteiger partial charge in [-0.2, -0.15) is 0 Å². The predicted molar refractivity (Wildman–Crippen MR) is 119 cm³/mol. The topological polar surface area (TPSA) is 125 Å². The number of thioether (sulfide) groups is 1. The number of nitrogens with one attached hydrogen (secondary N) is 1. The van der Waals surface area contributed by atoms with E-state index in [9.17, 15) is 14.4 Å². The number of rotatable bonds is 5. The highest BCUT2D eigenvalue weighted by Crippen LogP contribution is 2.27. The number of carbonyl (C=O) groups excluding carboxylic acids is 1. The van der Waals surface area contributed by atoms with E-state index in [-0.39, 0.29) is 34.5 Å². The minimum atomic E-state index is -0.502. The van der Waals surface area contributed by atoms with Gasteiger partial charge in [0.2, 0.25) is 11.8 Å². The normalized spacial score (nSPS) is 12.0. The number of fused-ring (bicyclic) bond motifs is 1. The second-order valence-electron chi connectivity index (χ2n) is 8.61. The van der Waals surface area contributed by atoms with Crippen molar-refractivity contribution in [3.05, 3.63) is 38.4 Å². The quantitative estimate of drug-likeness (QED) is 0.467. The molecular formula is C20H26N6O4S. The summed E-state index contributed by atoms with van der Waals surface area (Å²) in [6.07, 6.45) is 0. The van der Waals surface area contributed by atoms with Gasteiger partial charge in [0, 0.05) is 25.6 Å². The summed E-state index contributed by atoms with van der Waals surface area (Å²) in [6.45, 7) is 9.75. The van der Waals surface area contributed by atoms with Crippen molar-refractivity contribution in [2.24, 2.45) is 14.1 Å². The highest BCUT2D eigenvalue weighted by atomic mass is 32.2. The van der Waals surface area contributed by atoms with Crippen molar-refractivity contribution in [3.63, 3.8) is 0 Å². The molecule has 3 rings (SSSR count). The standard InChI is InChI=1S/C20H26N6O4S/c1-10(2)11-8-13(30-24-11)21-12(27)9-31-16-14-15(22-18(23-16)20(3,4)5)25(6)19(29)26(7)17(14)28/h8,10H,9H2,1-7H3,(H,21,27). The lowest BCUT2D eigenvalue weighted by Crippen LogP contribution is -2.38. The number of aromatic nitrogens is 5. The van der Waals surface area contributed by atoms with Crippen LogP contribution in [0.15, 0.2) is 25.2 Å². The van der Waals surface area contributed by atoms with Gasteiger partial charge in [0.25, 0.3) is 5.56 Å². The molecule has 1 N–H and O–H groups in total. The van der Waals surface area contributed by atoms with Crippen LogP contribution >= 0.6 is 11.8 Å². The molecule has 166 valence electrons. The molecule has 31 heavy (non-hydrogen) atoms. The molecule has 0 spiro atoms. The third-order valence-electron chi connectivity index (χ3n) is 4.66. The van der Waals surface area contributed by atoms with Crippen LogP contribution in [-0.2, 0) is 24.3 Å². The minimum Gasteiger partial charge on any atom is -0.338 e. The Bertz CT molecular complexity index is 1270. The highest BCUT2D eigenvalue weighted by molar-refractivity contribution is 8.00. The number of aryl methyl sites for hydroxylation is 1. The highest BCUT2D eigenvalue weighted by Gasteiger charge is 2.24. The zero-order valence-corrected chi connectivity index (χ0v) is 19.5. The summed E-state index contributed by atoms with van der Waals surface area (Å²) in [5, 5.41) is 7.12. The summed E-state index contributed by atoms with van der Waals surface area (Å²) in [4.78, 5) is 46.7. The van der Waals surface area contributed by atoms with Crippen molar-refractivity contribution in [1.29, 1.82) is 0 Å². The van der Waals surface area contributed by atoms with Gasteiger partial charge in [0.1, 0.15) is 16.2 Å². The zero-order chi connectivity index (χ0) is 23.1. The molecule has 0 unspecified atom stereocenters. The van der Waals surface area contributed by atoms with E-state index in [0.29, 0.717) is 10.9 Å². The fraction of sp³-hybridized carbons (Fsp3) is 0.500. The second-order valence-corrected chi connectivity index (χ2v) is 9.58. The average molecular weight is 447 g/mol. The first kappa shape index (κ1) is 22.7. The first-order valence-corrected chi connectivity index (χ1v) is 10.8. The molecule has 0 saturated carbocycles. The molecule has 0 aliphatic carbocycles. The molecule has 1 amide bonds. The monoisotopic (exact) mass is 446 g/mol. The molecule has 0 aliphatic rings. The van der Waals surface area contributed by atoms with Crippen LogP contribution in [0.1, 0.15) is 52.1 Å². The van der Waals surface area contributed by atoms with Crippen molar-refractivity contribution < 1.29 is 9.32 Å². The van der Waals surface area contributed by atoms with Crippen LogP contribution in [0.2, 0.25) is 0 Å². The van der Waals surface area contributed by atoms with E-state index in [1.165, 1.54) is 11.6 Å². The maximum Gasteiger partial charge on any atom is 0.332 e. The number of nitrogens with zero attached hydrogens (tertiary/aromatic N) is 5. The van der Waals surface area contributed by atoms with Crippen molar-refractivity contribution in [2.75, 3.05) is 11.1 Å². The fourth-order valence-electron chi connectivity index (χ4n) is 2.80. The largest absolute Gasteiger partial charge is 0.338 e. The Morgan fingerprint density at radius 1 is 1.19 bits per heavy atom. The van der Waals surface area contributed by atoms with Crippen LogP contribution in [0.25, 0.3) is 11.0 Å². The molecule has 11 heteroatoms. The third-order valence-corrected chi connectivity index (χ3v) is 5.64. The van der Waals surface area contributed by atoms with Crippen LogP contribution in [-0.4, -0.2) is 35.9 Å². The van der Waals surface area contributed by atoms with Crippen molar-refractivity contribution in [2.45, 2.75) is 51.0 Å². The summed E-state index contributed by atoms with van der Waals surface area (Å²) in [5.41, 5.74) is -0.415. The van der Waals surface area contributed by atoms with Crippen LogP contribution in [0.5, 0.6) is 0 Å². The lowest BCUT2D eigenvalue weighted by molar-refractivity contribution is -0.113. The van der Waals surface area contributed by atoms with Crippen molar-refractivity contribution in [3.8, 4) is 0 Å². The van der Waals surface area contributed by atoms with E-state index in [2.05, 4.69) is 20.4 Å². The molecule has 10 nitrogen and oxygen atoms in total. The van der Waals surface area contributed by atoms with E-state index in [1.54, 1.807) is 13.1 Å². The average Bonchev–Trinajstić information content (AvgIpc) is 3.16. The number of amides is 1. The van der Waals surface area contributed by atoms with Crippen LogP contribution in [0.4, 0.5) is 5.88 Å². The molecule has 3 heterocycles. The lowest BCUT2D eigenvalue weighted by atomic mass is 9.96. The van der Waals surface area contributed by atoms with Crippen LogP contribution in [0.3, 0.4) is 0 Å². The van der Waals surface area contributed by atoms with E-state index >= 15 is 0 Å². The third kappa shape index (κ3) is 4.55. The van der Waals surface area contributed by atoms with Crippen LogP contribution < -0.4 is 16.6 Å². The predicted octanol–water partition coefficient (Wildman–Crippen LogP) is 2.17. The second kappa shape index (κ2) is 8.29. The Kier molecular flexibility index (Phi) is 6.08. The van der Waals surface area contributed by atoms with E-state index in [0.717, 1.165) is 22.0 Å². The van der Waals surface area contributed by atoms with Gasteiger partial charge in [-0.25, -0.2) is 14.8 Å². The fourth-order valence-corrected chi connectivity index (χ4v) is 3.61. The summed E-state index contributed by atoms with van der Waals surface area (Å²) < 4.78 is 7.47. The van der Waals surface area contributed by atoms with E-state index in [4.69, 9.17) is 4.52 Å². The van der Waals surface area contributed by atoms with E-state index in [1.807, 2.05) is 34.6 Å². The summed E-state index contributed by atoms with van der Waals surface area (Å²) in [7, 11) is 2.96. The minimum absolute atomic E-state index is 0.0145. The number of hydrogen-bond donors (Lipinski definition) is 1. The van der Waals surface area contributed by atoms with Crippen molar-refractivity contribution >= 4 is 34.6 Å². The first-order chi connectivity index (χ1) is 14.4. The number of hydrogen-bond acceptors (Lipinski definition) is 8. The van der Waals surface area contributed by atoms with Gasteiger partial charge in [-0.3, -0.25) is 24.0 Å². The zero-order valence-electron chi connectivity index (χ0n) is 18.6. The van der Waals surface area contributed by atoms with E-state index < -0.39 is 16.7 Å². The molecule has 0 fully saturated rings. The van der Waals surface area contributed by atoms with Gasteiger partial charge in [-0.15, -0.1) is 0 Å². The molecule has 0 radical (unpaired) electrons. The lowest BCUT2D eigenvalue weighted by Gasteiger charge is -2.19. The molecule has 0 saturated heterocycles. The number of anilines is 1. The Hall–Kier alpha value is -2.95. The smallest absolute Gasteiger partial charge is 0.332 e. The maximum absolute atomic E-state index is 12.8.